The second kappa shape index (κ2) is 11.6. The molecule has 0 fully saturated rings. The largest absolute Gasteiger partial charge is 0.500 e. The van der Waals surface area contributed by atoms with Gasteiger partial charge in [-0.05, 0) is 47.5 Å². The highest BCUT2D eigenvalue weighted by atomic mass is 28.4. The van der Waals surface area contributed by atoms with Crippen molar-refractivity contribution in [2.75, 3.05) is 26.4 Å². The minimum Gasteiger partial charge on any atom is -0.374 e. The van der Waals surface area contributed by atoms with Gasteiger partial charge in [0.15, 0.2) is 0 Å². The highest BCUT2D eigenvalue weighted by molar-refractivity contribution is 6.60. The van der Waals surface area contributed by atoms with Gasteiger partial charge in [-0.25, -0.2) is 0 Å². The third kappa shape index (κ3) is 9.71. The van der Waals surface area contributed by atoms with Crippen LogP contribution in [0.25, 0.3) is 0 Å². The van der Waals surface area contributed by atoms with Crippen LogP contribution in [-0.2, 0) is 18.1 Å². The maximum atomic E-state index is 11.8. The Morgan fingerprint density at radius 3 is 2.09 bits per heavy atom. The fourth-order valence-electron chi connectivity index (χ4n) is 2.10. The van der Waals surface area contributed by atoms with Crippen molar-refractivity contribution in [2.45, 2.75) is 59.9 Å². The molecule has 23 heavy (non-hydrogen) atoms. The summed E-state index contributed by atoms with van der Waals surface area (Å²) in [5, 5.41) is 11.8. The first-order chi connectivity index (χ1) is 10.8. The van der Waals surface area contributed by atoms with Crippen LogP contribution in [0.4, 0.5) is 0 Å². The number of nitriles is 1. The molecule has 134 valence electrons. The van der Waals surface area contributed by atoms with Crippen LogP contribution in [0.3, 0.4) is 0 Å². The van der Waals surface area contributed by atoms with Gasteiger partial charge < -0.3 is 18.6 Å². The number of nitrogens with one attached hydrogen (secondary N) is 1. The zero-order valence-electron chi connectivity index (χ0n) is 15.2. The van der Waals surface area contributed by atoms with E-state index in [2.05, 4.69) is 11.4 Å². The minimum absolute atomic E-state index is 0.0233. The second-order valence-corrected chi connectivity index (χ2v) is 8.66. The molecule has 0 aromatic rings. The summed E-state index contributed by atoms with van der Waals surface area (Å²) >= 11 is 0. The first kappa shape index (κ1) is 22.1. The molecule has 0 aliphatic rings. The molecule has 0 radical (unpaired) electrons. The number of hydrogen-bond donors (Lipinski definition) is 1. The Hall–Kier alpha value is -0.943. The van der Waals surface area contributed by atoms with Crippen molar-refractivity contribution in [1.29, 1.82) is 5.26 Å². The normalized spacial score (nSPS) is 12.0. The lowest BCUT2D eigenvalue weighted by atomic mass is 9.90. The van der Waals surface area contributed by atoms with Crippen LogP contribution in [-0.4, -0.2) is 41.1 Å². The van der Waals surface area contributed by atoms with Crippen molar-refractivity contribution in [3.8, 4) is 6.07 Å². The average molecular weight is 345 g/mol. The zero-order chi connectivity index (χ0) is 17.8. The van der Waals surface area contributed by atoms with E-state index >= 15 is 0 Å². The molecule has 1 N–H and O–H groups in total. The molecule has 0 unspecified atom stereocenters. The molecule has 1 amide bonds. The first-order valence-corrected chi connectivity index (χ1v) is 10.4. The lowest BCUT2D eigenvalue weighted by Crippen LogP contribution is -2.46. The average Bonchev–Trinajstić information content (AvgIpc) is 2.50. The molecule has 0 aliphatic heterocycles. The standard InChI is InChI=1S/C16H32N2O4Si/c1-6-20-23(21-7-2,22-8-3)13-9-12-18-15(19)10-11-16(4,5)14-17/h6-13H2,1-5H3,(H,18,19). The number of carbonyl (C=O) groups is 1. The third-order valence-corrected chi connectivity index (χ3v) is 6.51. The Kier molecular flexibility index (Phi) is 11.1. The van der Waals surface area contributed by atoms with Gasteiger partial charge in [-0.15, -0.1) is 0 Å². The third-order valence-electron chi connectivity index (χ3n) is 3.35. The summed E-state index contributed by atoms with van der Waals surface area (Å²) in [6, 6.07) is 2.89. The fourth-order valence-corrected chi connectivity index (χ4v) is 4.72. The van der Waals surface area contributed by atoms with Crippen LogP contribution >= 0.6 is 0 Å². The van der Waals surface area contributed by atoms with Gasteiger partial charge in [-0.1, -0.05) is 0 Å². The maximum absolute atomic E-state index is 11.8. The maximum Gasteiger partial charge on any atom is 0.500 e. The highest BCUT2D eigenvalue weighted by Gasteiger charge is 2.39. The fraction of sp³-hybridized carbons (Fsp3) is 0.875. The topological polar surface area (TPSA) is 80.6 Å². The van der Waals surface area contributed by atoms with E-state index in [-0.39, 0.29) is 5.91 Å². The summed E-state index contributed by atoms with van der Waals surface area (Å²) in [6.07, 6.45) is 1.68. The van der Waals surface area contributed by atoms with Gasteiger partial charge >= 0.3 is 8.80 Å². The molecule has 0 aromatic carbocycles. The Balaban J connectivity index is 4.19. The number of carbonyl (C=O) groups excluding carboxylic acids is 1. The van der Waals surface area contributed by atoms with E-state index in [1.165, 1.54) is 0 Å². The Labute approximate surface area is 141 Å². The van der Waals surface area contributed by atoms with Gasteiger partial charge in [0.05, 0.1) is 11.5 Å². The number of hydrogen-bond acceptors (Lipinski definition) is 5. The lowest BCUT2D eigenvalue weighted by Gasteiger charge is -2.28. The molecule has 0 rings (SSSR count). The van der Waals surface area contributed by atoms with Gasteiger partial charge in [-0.2, -0.15) is 5.26 Å². The number of rotatable bonds is 13. The second-order valence-electron chi connectivity index (χ2n) is 5.93. The molecule has 0 saturated heterocycles. The molecule has 0 heterocycles. The lowest BCUT2D eigenvalue weighted by molar-refractivity contribution is -0.121. The molecule has 0 bridgehead atoms. The van der Waals surface area contributed by atoms with E-state index < -0.39 is 14.2 Å². The van der Waals surface area contributed by atoms with E-state index in [9.17, 15) is 4.79 Å². The first-order valence-electron chi connectivity index (χ1n) is 8.44. The predicted octanol–water partition coefficient (Wildman–Crippen LogP) is 2.87. The van der Waals surface area contributed by atoms with E-state index in [1.807, 2.05) is 34.6 Å². The van der Waals surface area contributed by atoms with Crippen molar-refractivity contribution < 1.29 is 18.1 Å². The van der Waals surface area contributed by atoms with Crippen LogP contribution in [0.1, 0.15) is 53.9 Å². The summed E-state index contributed by atoms with van der Waals surface area (Å²) in [5.74, 6) is -0.0233. The molecule has 0 saturated carbocycles. The molecule has 0 atom stereocenters. The van der Waals surface area contributed by atoms with E-state index in [1.54, 1.807) is 0 Å². The zero-order valence-corrected chi connectivity index (χ0v) is 16.2. The quantitative estimate of drug-likeness (QED) is 0.410. The van der Waals surface area contributed by atoms with Gasteiger partial charge in [0.25, 0.3) is 0 Å². The Bertz CT molecular complexity index is 366. The summed E-state index contributed by atoms with van der Waals surface area (Å²) < 4.78 is 17.3. The van der Waals surface area contributed by atoms with Crippen LogP contribution in [0.2, 0.25) is 6.04 Å². The van der Waals surface area contributed by atoms with Crippen LogP contribution in [0, 0.1) is 16.7 Å². The van der Waals surface area contributed by atoms with Gasteiger partial charge in [-0.3, -0.25) is 4.79 Å². The molecule has 0 aromatic heterocycles. The highest BCUT2D eigenvalue weighted by Crippen LogP contribution is 2.20. The van der Waals surface area contributed by atoms with Crippen LogP contribution in [0.15, 0.2) is 0 Å². The minimum atomic E-state index is -2.62. The van der Waals surface area contributed by atoms with Crippen molar-refractivity contribution in [3.05, 3.63) is 0 Å². The van der Waals surface area contributed by atoms with E-state index in [0.29, 0.717) is 45.3 Å². The van der Waals surface area contributed by atoms with Gasteiger partial charge in [0, 0.05) is 38.8 Å². The molecule has 6 nitrogen and oxygen atoms in total. The summed E-state index contributed by atoms with van der Waals surface area (Å²) in [4.78, 5) is 11.8. The summed E-state index contributed by atoms with van der Waals surface area (Å²) in [6.45, 7) is 11.7. The molecule has 0 aliphatic carbocycles. The van der Waals surface area contributed by atoms with Crippen molar-refractivity contribution in [3.63, 3.8) is 0 Å². The van der Waals surface area contributed by atoms with Crippen molar-refractivity contribution in [2.24, 2.45) is 5.41 Å². The van der Waals surface area contributed by atoms with E-state index in [4.69, 9.17) is 18.5 Å². The Morgan fingerprint density at radius 1 is 1.13 bits per heavy atom. The monoisotopic (exact) mass is 344 g/mol. The summed E-state index contributed by atoms with van der Waals surface area (Å²) in [5.41, 5.74) is -0.460. The van der Waals surface area contributed by atoms with Crippen LogP contribution < -0.4 is 5.32 Å². The van der Waals surface area contributed by atoms with E-state index in [0.717, 1.165) is 6.42 Å². The Morgan fingerprint density at radius 2 is 1.65 bits per heavy atom. The molecular weight excluding hydrogens is 312 g/mol. The summed E-state index contributed by atoms with van der Waals surface area (Å²) in [7, 11) is -2.62. The number of nitrogens with zero attached hydrogens (tertiary/aromatic N) is 1. The number of amides is 1. The molecular formula is C16H32N2O4Si. The van der Waals surface area contributed by atoms with Gasteiger partial charge in [0.2, 0.25) is 5.91 Å². The molecule has 7 heteroatoms. The van der Waals surface area contributed by atoms with Gasteiger partial charge in [0.1, 0.15) is 0 Å². The predicted molar refractivity (Wildman–Crippen MR) is 91.7 cm³/mol. The van der Waals surface area contributed by atoms with Crippen molar-refractivity contribution >= 4 is 14.7 Å². The molecule has 0 spiro atoms. The smallest absolute Gasteiger partial charge is 0.374 e. The van der Waals surface area contributed by atoms with Crippen LogP contribution in [0.5, 0.6) is 0 Å². The SMILES string of the molecule is CCO[Si](CCCNC(=O)CCC(C)(C)C#N)(OCC)OCC. The van der Waals surface area contributed by atoms with Crippen molar-refractivity contribution in [1.82, 2.24) is 5.32 Å².